The number of fused-ring (bicyclic) bond motifs is 1. The van der Waals surface area contributed by atoms with Crippen molar-refractivity contribution in [1.82, 2.24) is 23.9 Å². The van der Waals surface area contributed by atoms with Crippen LogP contribution in [-0.4, -0.2) is 58.1 Å². The Morgan fingerprint density at radius 2 is 1.86 bits per heavy atom. The molecule has 1 aromatic carbocycles. The van der Waals surface area contributed by atoms with Gasteiger partial charge in [-0.1, -0.05) is 11.8 Å². The van der Waals surface area contributed by atoms with E-state index in [1.54, 1.807) is 16.5 Å². The van der Waals surface area contributed by atoms with Gasteiger partial charge in [0.25, 0.3) is 5.78 Å². The maximum Gasteiger partial charge on any atom is 0.256 e. The van der Waals surface area contributed by atoms with Crippen molar-refractivity contribution in [2.75, 3.05) is 25.2 Å². The van der Waals surface area contributed by atoms with Gasteiger partial charge in [-0.25, -0.2) is 17.7 Å². The first-order valence-corrected chi connectivity index (χ1v) is 10.8. The lowest BCUT2D eigenvalue weighted by molar-refractivity contribution is -0.113. The fourth-order valence-corrected chi connectivity index (χ4v) is 4.23. The minimum absolute atomic E-state index is 0.131. The van der Waals surface area contributed by atoms with Crippen molar-refractivity contribution >= 4 is 39.2 Å². The van der Waals surface area contributed by atoms with E-state index in [9.17, 15) is 13.2 Å². The molecule has 0 radical (unpaired) electrons. The van der Waals surface area contributed by atoms with Crippen LogP contribution in [0.4, 0.5) is 5.69 Å². The van der Waals surface area contributed by atoms with Gasteiger partial charge in [-0.15, -0.1) is 10.2 Å². The number of rotatable bonds is 6. The van der Waals surface area contributed by atoms with Crippen molar-refractivity contribution in [1.29, 1.82) is 0 Å². The van der Waals surface area contributed by atoms with Crippen LogP contribution < -0.4 is 5.32 Å². The topological polar surface area (TPSA) is 110 Å². The van der Waals surface area contributed by atoms with Crippen molar-refractivity contribution in [3.63, 3.8) is 0 Å². The Kier molecular flexibility index (Phi) is 5.68. The SMILES string of the molecule is Cc1cc(C)n2c(SCC(=O)Nc3ccc(S(=O)(=O)N(C)C)cc3)nnc2n1. The normalized spacial score (nSPS) is 11.9. The van der Waals surface area contributed by atoms with Crippen LogP contribution in [-0.2, 0) is 14.8 Å². The third kappa shape index (κ3) is 4.16. The van der Waals surface area contributed by atoms with Crippen LogP contribution >= 0.6 is 11.8 Å². The van der Waals surface area contributed by atoms with Crippen LogP contribution in [0.15, 0.2) is 40.4 Å². The Labute approximate surface area is 167 Å². The molecule has 1 amide bonds. The molecule has 11 heteroatoms. The summed E-state index contributed by atoms with van der Waals surface area (Å²) in [7, 11) is -0.563. The smallest absolute Gasteiger partial charge is 0.256 e. The minimum atomic E-state index is -3.50. The molecule has 2 aromatic heterocycles. The molecule has 2 heterocycles. The number of thioether (sulfide) groups is 1. The molecule has 0 unspecified atom stereocenters. The third-order valence-electron chi connectivity index (χ3n) is 3.91. The third-order valence-corrected chi connectivity index (χ3v) is 6.67. The molecule has 0 saturated carbocycles. The zero-order valence-corrected chi connectivity index (χ0v) is 17.5. The zero-order valence-electron chi connectivity index (χ0n) is 15.9. The van der Waals surface area contributed by atoms with Crippen molar-refractivity contribution in [3.05, 3.63) is 41.7 Å². The van der Waals surface area contributed by atoms with E-state index < -0.39 is 10.0 Å². The van der Waals surface area contributed by atoms with Gasteiger partial charge < -0.3 is 5.32 Å². The van der Waals surface area contributed by atoms with Gasteiger partial charge in [0.1, 0.15) is 0 Å². The van der Waals surface area contributed by atoms with Gasteiger partial charge in [0.15, 0.2) is 5.16 Å². The molecule has 0 spiro atoms. The monoisotopic (exact) mass is 420 g/mol. The highest BCUT2D eigenvalue weighted by molar-refractivity contribution is 7.99. The molecule has 148 valence electrons. The maximum absolute atomic E-state index is 12.2. The largest absolute Gasteiger partial charge is 0.325 e. The summed E-state index contributed by atoms with van der Waals surface area (Å²) in [6, 6.07) is 7.96. The predicted molar refractivity (Wildman–Crippen MR) is 107 cm³/mol. The number of sulfonamides is 1. The standard InChI is InChI=1S/C17H20N6O3S2/c1-11-9-12(2)23-16(18-11)20-21-17(23)27-10-15(24)19-13-5-7-14(8-6-13)28(25,26)22(3)4/h5-9H,10H2,1-4H3,(H,19,24). The van der Waals surface area contributed by atoms with Crippen LogP contribution in [0.2, 0.25) is 0 Å². The number of nitrogens with zero attached hydrogens (tertiary/aromatic N) is 5. The molecule has 0 aliphatic heterocycles. The Morgan fingerprint density at radius 1 is 1.18 bits per heavy atom. The summed E-state index contributed by atoms with van der Waals surface area (Å²) in [5.41, 5.74) is 2.31. The summed E-state index contributed by atoms with van der Waals surface area (Å²) < 4.78 is 27.1. The van der Waals surface area contributed by atoms with Gasteiger partial charge >= 0.3 is 0 Å². The van der Waals surface area contributed by atoms with Crippen LogP contribution in [0.25, 0.3) is 5.78 Å². The summed E-state index contributed by atoms with van der Waals surface area (Å²) in [6.45, 7) is 3.81. The van der Waals surface area contributed by atoms with E-state index >= 15 is 0 Å². The van der Waals surface area contributed by atoms with Gasteiger partial charge in [0.05, 0.1) is 10.6 Å². The van der Waals surface area contributed by atoms with Crippen molar-refractivity contribution in [3.8, 4) is 0 Å². The van der Waals surface area contributed by atoms with Crippen molar-refractivity contribution in [2.24, 2.45) is 0 Å². The van der Waals surface area contributed by atoms with Crippen LogP contribution in [0, 0.1) is 13.8 Å². The number of anilines is 1. The lowest BCUT2D eigenvalue weighted by atomic mass is 10.3. The fourth-order valence-electron chi connectivity index (χ4n) is 2.54. The molecule has 9 nitrogen and oxygen atoms in total. The number of nitrogens with one attached hydrogen (secondary N) is 1. The van der Waals surface area contributed by atoms with Crippen molar-refractivity contribution in [2.45, 2.75) is 23.9 Å². The Balaban J connectivity index is 1.65. The summed E-state index contributed by atoms with van der Waals surface area (Å²) >= 11 is 1.25. The van der Waals surface area contributed by atoms with Gasteiger partial charge in [0.2, 0.25) is 15.9 Å². The quantitative estimate of drug-likeness (QED) is 0.605. The molecule has 0 aliphatic rings. The second-order valence-electron chi connectivity index (χ2n) is 6.31. The number of aromatic nitrogens is 4. The molecule has 3 rings (SSSR count). The second-order valence-corrected chi connectivity index (χ2v) is 9.40. The highest BCUT2D eigenvalue weighted by atomic mass is 32.2. The van der Waals surface area contributed by atoms with E-state index in [4.69, 9.17) is 0 Å². The van der Waals surface area contributed by atoms with Gasteiger partial charge in [-0.2, -0.15) is 0 Å². The van der Waals surface area contributed by atoms with Gasteiger partial charge in [-0.3, -0.25) is 9.20 Å². The molecule has 0 saturated heterocycles. The second kappa shape index (κ2) is 7.86. The van der Waals surface area contributed by atoms with Crippen molar-refractivity contribution < 1.29 is 13.2 Å². The predicted octanol–water partition coefficient (Wildman–Crippen LogP) is 1.72. The van der Waals surface area contributed by atoms with E-state index in [-0.39, 0.29) is 16.6 Å². The van der Waals surface area contributed by atoms with E-state index in [0.717, 1.165) is 15.7 Å². The van der Waals surface area contributed by atoms with Crippen LogP contribution in [0.3, 0.4) is 0 Å². The van der Waals surface area contributed by atoms with Gasteiger partial charge in [0, 0.05) is 31.2 Å². The van der Waals surface area contributed by atoms with E-state index in [0.29, 0.717) is 16.6 Å². The highest BCUT2D eigenvalue weighted by Crippen LogP contribution is 2.20. The lowest BCUT2D eigenvalue weighted by Gasteiger charge is -2.12. The van der Waals surface area contributed by atoms with E-state index in [1.165, 1.54) is 38.0 Å². The first-order chi connectivity index (χ1) is 13.2. The minimum Gasteiger partial charge on any atom is -0.325 e. The number of hydrogen-bond donors (Lipinski definition) is 1. The Bertz CT molecular complexity index is 1120. The Hall–Kier alpha value is -2.50. The maximum atomic E-state index is 12.2. The van der Waals surface area contributed by atoms with E-state index in [2.05, 4.69) is 20.5 Å². The molecule has 0 atom stereocenters. The summed E-state index contributed by atoms with van der Waals surface area (Å²) in [4.78, 5) is 16.7. The fraction of sp³-hybridized carbons (Fsp3) is 0.294. The number of carbonyl (C=O) groups is 1. The number of aryl methyl sites for hydroxylation is 2. The number of carbonyl (C=O) groups excluding carboxylic acids is 1. The molecule has 0 fully saturated rings. The number of amides is 1. The number of hydrogen-bond acceptors (Lipinski definition) is 7. The lowest BCUT2D eigenvalue weighted by Crippen LogP contribution is -2.22. The first-order valence-electron chi connectivity index (χ1n) is 8.33. The zero-order chi connectivity index (χ0) is 20.5. The highest BCUT2D eigenvalue weighted by Gasteiger charge is 2.17. The molecule has 0 bridgehead atoms. The first kappa shape index (κ1) is 20.2. The molecule has 0 aliphatic carbocycles. The molecule has 28 heavy (non-hydrogen) atoms. The summed E-state index contributed by atoms with van der Waals surface area (Å²) in [5, 5.41) is 11.5. The summed E-state index contributed by atoms with van der Waals surface area (Å²) in [6.07, 6.45) is 0. The average molecular weight is 421 g/mol. The van der Waals surface area contributed by atoms with E-state index in [1.807, 2.05) is 19.9 Å². The Morgan fingerprint density at radius 3 is 2.50 bits per heavy atom. The van der Waals surface area contributed by atoms with Crippen LogP contribution in [0.5, 0.6) is 0 Å². The molecule has 3 aromatic rings. The van der Waals surface area contributed by atoms with Gasteiger partial charge in [-0.05, 0) is 44.2 Å². The summed E-state index contributed by atoms with van der Waals surface area (Å²) in [5.74, 6) is 0.395. The molecular formula is C17H20N6O3S2. The molecule has 1 N–H and O–H groups in total. The van der Waals surface area contributed by atoms with Crippen LogP contribution in [0.1, 0.15) is 11.4 Å². The number of benzene rings is 1. The molecular weight excluding hydrogens is 400 g/mol. The average Bonchev–Trinajstić information content (AvgIpc) is 3.03.